The molecule has 0 aliphatic heterocycles. The molecule has 0 aromatic heterocycles. The molecule has 1 N–H and O–H groups in total. The fourth-order valence-corrected chi connectivity index (χ4v) is 2.48. The van der Waals surface area contributed by atoms with Crippen LogP contribution in [0.5, 0.6) is 0 Å². The van der Waals surface area contributed by atoms with Crippen LogP contribution >= 0.6 is 0 Å². The lowest BCUT2D eigenvalue weighted by Gasteiger charge is -2.19. The number of rotatable bonds is 4. The molecule has 1 aliphatic rings. The molecule has 0 spiro atoms. The van der Waals surface area contributed by atoms with Crippen molar-refractivity contribution >= 4 is 5.97 Å². The molecule has 0 atom stereocenters. The van der Waals surface area contributed by atoms with Crippen LogP contribution in [-0.2, 0) is 11.2 Å². The molecule has 17 heavy (non-hydrogen) atoms. The monoisotopic (exact) mass is 230 g/mol. The van der Waals surface area contributed by atoms with Crippen molar-refractivity contribution in [2.45, 2.75) is 38.5 Å². The van der Waals surface area contributed by atoms with Gasteiger partial charge in [-0.05, 0) is 37.7 Å². The molecule has 90 valence electrons. The van der Waals surface area contributed by atoms with E-state index >= 15 is 0 Å². The molecular weight excluding hydrogens is 212 g/mol. The van der Waals surface area contributed by atoms with Crippen LogP contribution in [0.1, 0.15) is 37.7 Å². The van der Waals surface area contributed by atoms with E-state index in [4.69, 9.17) is 5.11 Å². The summed E-state index contributed by atoms with van der Waals surface area (Å²) in [6.45, 7) is 0. The van der Waals surface area contributed by atoms with Crippen LogP contribution in [0.25, 0.3) is 0 Å². The molecule has 0 heterocycles. The van der Waals surface area contributed by atoms with E-state index in [1.807, 2.05) is 18.2 Å². The van der Waals surface area contributed by atoms with Crippen molar-refractivity contribution in [3.05, 3.63) is 47.0 Å². The highest BCUT2D eigenvalue weighted by atomic mass is 16.4. The average Bonchev–Trinajstić information content (AvgIpc) is 2.32. The predicted molar refractivity (Wildman–Crippen MR) is 67.9 cm³/mol. The summed E-state index contributed by atoms with van der Waals surface area (Å²) < 4.78 is 0. The lowest BCUT2D eigenvalue weighted by atomic mass is 9.86. The highest BCUT2D eigenvalue weighted by Crippen LogP contribution is 2.29. The van der Waals surface area contributed by atoms with Gasteiger partial charge in [-0.3, -0.25) is 4.79 Å². The second kappa shape index (κ2) is 5.67. The minimum absolute atomic E-state index is 0.224. The minimum atomic E-state index is -0.701. The molecule has 0 radical (unpaired) electrons. The molecular formula is C15H18O2. The first-order valence-electron chi connectivity index (χ1n) is 6.21. The summed E-state index contributed by atoms with van der Waals surface area (Å²) in [5.41, 5.74) is 3.80. The van der Waals surface area contributed by atoms with Crippen molar-refractivity contribution in [1.29, 1.82) is 0 Å². The highest BCUT2D eigenvalue weighted by molar-refractivity contribution is 5.70. The van der Waals surface area contributed by atoms with Crippen LogP contribution < -0.4 is 0 Å². The average molecular weight is 230 g/mol. The topological polar surface area (TPSA) is 37.3 Å². The summed E-state index contributed by atoms with van der Waals surface area (Å²) in [7, 11) is 0. The molecule has 0 bridgehead atoms. The van der Waals surface area contributed by atoms with Gasteiger partial charge >= 0.3 is 5.97 Å². The third kappa shape index (κ3) is 3.45. The van der Waals surface area contributed by atoms with Crippen LogP contribution in [0.4, 0.5) is 0 Å². The normalized spacial score (nSPS) is 16.0. The lowest BCUT2D eigenvalue weighted by Crippen LogP contribution is -2.07. The summed E-state index contributed by atoms with van der Waals surface area (Å²) in [6.07, 6.45) is 5.52. The van der Waals surface area contributed by atoms with Crippen molar-refractivity contribution in [2.24, 2.45) is 0 Å². The Morgan fingerprint density at radius 1 is 1.06 bits per heavy atom. The molecule has 0 saturated carbocycles. The number of benzene rings is 1. The Bertz CT molecular complexity index is 418. The Morgan fingerprint density at radius 2 is 1.71 bits per heavy atom. The van der Waals surface area contributed by atoms with Gasteiger partial charge in [0.25, 0.3) is 0 Å². The molecule has 0 fully saturated rings. The van der Waals surface area contributed by atoms with Gasteiger partial charge in [-0.15, -0.1) is 0 Å². The van der Waals surface area contributed by atoms with E-state index in [-0.39, 0.29) is 6.42 Å². The standard InChI is InChI=1S/C15H18O2/c16-15(17)11-14-9-5-4-8-13(14)10-12-6-2-1-3-7-12/h1-3,6-7H,4-5,8-11H2,(H,16,17). The first kappa shape index (κ1) is 11.9. The summed E-state index contributed by atoms with van der Waals surface area (Å²) in [5, 5.41) is 8.92. The van der Waals surface area contributed by atoms with Gasteiger partial charge in [0.2, 0.25) is 0 Å². The van der Waals surface area contributed by atoms with Crippen LogP contribution in [0, 0.1) is 0 Å². The fourth-order valence-electron chi connectivity index (χ4n) is 2.48. The Kier molecular flexibility index (Phi) is 3.97. The van der Waals surface area contributed by atoms with E-state index in [0.717, 1.165) is 31.3 Å². The first-order valence-corrected chi connectivity index (χ1v) is 6.21. The largest absolute Gasteiger partial charge is 0.481 e. The zero-order valence-corrected chi connectivity index (χ0v) is 9.98. The van der Waals surface area contributed by atoms with Gasteiger partial charge in [0, 0.05) is 0 Å². The molecule has 2 heteroatoms. The Labute approximate surface area is 102 Å². The quantitative estimate of drug-likeness (QED) is 0.803. The lowest BCUT2D eigenvalue weighted by molar-refractivity contribution is -0.136. The molecule has 1 aromatic carbocycles. The number of carbonyl (C=O) groups is 1. The summed E-state index contributed by atoms with van der Waals surface area (Å²) in [4.78, 5) is 10.8. The van der Waals surface area contributed by atoms with E-state index in [1.165, 1.54) is 17.6 Å². The maximum absolute atomic E-state index is 10.8. The van der Waals surface area contributed by atoms with Crippen LogP contribution in [0.3, 0.4) is 0 Å². The maximum Gasteiger partial charge on any atom is 0.307 e. The maximum atomic E-state index is 10.8. The van der Waals surface area contributed by atoms with Gasteiger partial charge in [-0.25, -0.2) is 0 Å². The molecule has 0 unspecified atom stereocenters. The third-order valence-electron chi connectivity index (χ3n) is 3.33. The van der Waals surface area contributed by atoms with E-state index in [9.17, 15) is 4.79 Å². The number of carboxylic acids is 1. The summed E-state index contributed by atoms with van der Waals surface area (Å²) in [6, 6.07) is 10.3. The Morgan fingerprint density at radius 3 is 2.35 bits per heavy atom. The van der Waals surface area contributed by atoms with Gasteiger partial charge < -0.3 is 5.11 Å². The third-order valence-corrected chi connectivity index (χ3v) is 3.33. The Balaban J connectivity index is 2.15. The molecule has 0 amide bonds. The summed E-state index contributed by atoms with van der Waals surface area (Å²) >= 11 is 0. The van der Waals surface area contributed by atoms with Crippen molar-refractivity contribution in [3.8, 4) is 0 Å². The van der Waals surface area contributed by atoms with E-state index in [0.29, 0.717) is 0 Å². The van der Waals surface area contributed by atoms with Crippen molar-refractivity contribution in [3.63, 3.8) is 0 Å². The Hall–Kier alpha value is -1.57. The van der Waals surface area contributed by atoms with Gasteiger partial charge in [-0.2, -0.15) is 0 Å². The van der Waals surface area contributed by atoms with Crippen molar-refractivity contribution in [1.82, 2.24) is 0 Å². The zero-order chi connectivity index (χ0) is 12.1. The first-order chi connectivity index (χ1) is 8.25. The summed E-state index contributed by atoms with van der Waals surface area (Å²) in [5.74, 6) is -0.701. The fraction of sp³-hybridized carbons (Fsp3) is 0.400. The second-order valence-electron chi connectivity index (χ2n) is 4.65. The van der Waals surface area contributed by atoms with Gasteiger partial charge in [-0.1, -0.05) is 41.5 Å². The number of hydrogen-bond acceptors (Lipinski definition) is 1. The second-order valence-corrected chi connectivity index (χ2v) is 4.65. The number of carboxylic acid groups (broad SMARTS) is 1. The minimum Gasteiger partial charge on any atom is -0.481 e. The highest BCUT2D eigenvalue weighted by Gasteiger charge is 2.15. The van der Waals surface area contributed by atoms with Crippen molar-refractivity contribution in [2.75, 3.05) is 0 Å². The molecule has 2 rings (SSSR count). The van der Waals surface area contributed by atoms with Crippen molar-refractivity contribution < 1.29 is 9.90 Å². The molecule has 0 saturated heterocycles. The molecule has 1 aliphatic carbocycles. The molecule has 1 aromatic rings. The van der Waals surface area contributed by atoms with Gasteiger partial charge in [0.1, 0.15) is 0 Å². The van der Waals surface area contributed by atoms with Crippen LogP contribution in [-0.4, -0.2) is 11.1 Å². The zero-order valence-electron chi connectivity index (χ0n) is 9.98. The number of hydrogen-bond donors (Lipinski definition) is 1. The van der Waals surface area contributed by atoms with Crippen LogP contribution in [0.15, 0.2) is 41.5 Å². The van der Waals surface area contributed by atoms with Gasteiger partial charge in [0.05, 0.1) is 6.42 Å². The van der Waals surface area contributed by atoms with Gasteiger partial charge in [0.15, 0.2) is 0 Å². The number of allylic oxidation sites excluding steroid dienone is 1. The van der Waals surface area contributed by atoms with E-state index < -0.39 is 5.97 Å². The number of aliphatic carboxylic acids is 1. The van der Waals surface area contributed by atoms with Crippen LogP contribution in [0.2, 0.25) is 0 Å². The predicted octanol–water partition coefficient (Wildman–Crippen LogP) is 3.57. The smallest absolute Gasteiger partial charge is 0.307 e. The SMILES string of the molecule is O=C(O)CC1=C(Cc2ccccc2)CCCC1. The van der Waals surface area contributed by atoms with E-state index in [1.54, 1.807) is 0 Å². The van der Waals surface area contributed by atoms with E-state index in [2.05, 4.69) is 12.1 Å². The molecule has 2 nitrogen and oxygen atoms in total.